The van der Waals surface area contributed by atoms with Gasteiger partial charge in [0.15, 0.2) is 0 Å². The van der Waals surface area contributed by atoms with Gasteiger partial charge in [-0.1, -0.05) is 0 Å². The zero-order valence-electron chi connectivity index (χ0n) is 11.2. The highest BCUT2D eigenvalue weighted by Gasteiger charge is 2.20. The minimum Gasteiger partial charge on any atom is -0.357 e. The normalized spacial score (nSPS) is 15.0. The van der Waals surface area contributed by atoms with E-state index in [1.807, 2.05) is 0 Å². The summed E-state index contributed by atoms with van der Waals surface area (Å²) in [4.78, 5) is 6.92. The second-order valence-corrected chi connectivity index (χ2v) is 4.80. The van der Waals surface area contributed by atoms with Crippen LogP contribution in [0, 0.1) is 6.92 Å². The monoisotopic (exact) mass is 233 g/mol. The maximum Gasteiger partial charge on any atom is 0.129 e. The van der Waals surface area contributed by atoms with Gasteiger partial charge < -0.3 is 10.2 Å². The molecule has 0 aromatic carbocycles. The molecule has 0 spiro atoms. The summed E-state index contributed by atoms with van der Waals surface area (Å²) in [7, 11) is 0. The number of hydrogen-bond acceptors (Lipinski definition) is 3. The first kappa shape index (κ1) is 12.4. The summed E-state index contributed by atoms with van der Waals surface area (Å²) in [5.41, 5.74) is 2.47. The second-order valence-electron chi connectivity index (χ2n) is 4.80. The lowest BCUT2D eigenvalue weighted by atomic mass is 10.2. The smallest absolute Gasteiger partial charge is 0.129 e. The van der Waals surface area contributed by atoms with Crippen molar-refractivity contribution in [1.29, 1.82) is 0 Å². The van der Waals surface area contributed by atoms with Gasteiger partial charge in [0.1, 0.15) is 5.82 Å². The molecule has 0 amide bonds. The molecule has 1 fully saturated rings. The third kappa shape index (κ3) is 3.43. The van der Waals surface area contributed by atoms with E-state index in [9.17, 15) is 0 Å². The SMILES string of the molecule is CCN(CC)c1cc(CNC2CC2)cc(C)n1. The van der Waals surface area contributed by atoms with Gasteiger partial charge in [0.2, 0.25) is 0 Å². The van der Waals surface area contributed by atoms with Crippen LogP contribution in [0.5, 0.6) is 0 Å². The van der Waals surface area contributed by atoms with Gasteiger partial charge in [-0.15, -0.1) is 0 Å². The van der Waals surface area contributed by atoms with Crippen molar-refractivity contribution in [2.24, 2.45) is 0 Å². The van der Waals surface area contributed by atoms with E-state index in [4.69, 9.17) is 0 Å². The van der Waals surface area contributed by atoms with Crippen LogP contribution in [-0.2, 0) is 6.54 Å². The van der Waals surface area contributed by atoms with Crippen molar-refractivity contribution in [3.8, 4) is 0 Å². The zero-order chi connectivity index (χ0) is 12.3. The van der Waals surface area contributed by atoms with Crippen molar-refractivity contribution in [2.45, 2.75) is 46.2 Å². The lowest BCUT2D eigenvalue weighted by Crippen LogP contribution is -2.24. The summed E-state index contributed by atoms with van der Waals surface area (Å²) in [5.74, 6) is 1.11. The minimum atomic E-state index is 0.764. The topological polar surface area (TPSA) is 28.2 Å². The summed E-state index contributed by atoms with van der Waals surface area (Å²) in [5, 5.41) is 3.56. The number of hydrogen-bond donors (Lipinski definition) is 1. The van der Waals surface area contributed by atoms with Gasteiger partial charge in [-0.3, -0.25) is 0 Å². The van der Waals surface area contributed by atoms with E-state index in [2.05, 4.69) is 48.1 Å². The van der Waals surface area contributed by atoms with Crippen LogP contribution < -0.4 is 10.2 Å². The largest absolute Gasteiger partial charge is 0.357 e. The molecule has 0 saturated heterocycles. The molecule has 0 radical (unpaired) electrons. The van der Waals surface area contributed by atoms with Crippen molar-refractivity contribution in [1.82, 2.24) is 10.3 Å². The highest BCUT2D eigenvalue weighted by Crippen LogP contribution is 2.20. The Bertz CT molecular complexity index is 368. The van der Waals surface area contributed by atoms with E-state index < -0.39 is 0 Å². The van der Waals surface area contributed by atoms with Gasteiger partial charge in [-0.2, -0.15) is 0 Å². The molecule has 1 aromatic heterocycles. The van der Waals surface area contributed by atoms with Crippen molar-refractivity contribution in [3.05, 3.63) is 23.4 Å². The summed E-state index contributed by atoms with van der Waals surface area (Å²) in [6.45, 7) is 9.44. The van der Waals surface area contributed by atoms with Gasteiger partial charge in [-0.25, -0.2) is 4.98 Å². The second kappa shape index (κ2) is 5.50. The summed E-state index contributed by atoms with van der Waals surface area (Å²) in [6.07, 6.45) is 2.68. The molecule has 1 saturated carbocycles. The Morgan fingerprint density at radius 1 is 1.29 bits per heavy atom. The lowest BCUT2D eigenvalue weighted by molar-refractivity contribution is 0.685. The Balaban J connectivity index is 2.09. The molecule has 1 N–H and O–H groups in total. The molecule has 0 bridgehead atoms. The van der Waals surface area contributed by atoms with Crippen molar-refractivity contribution in [2.75, 3.05) is 18.0 Å². The van der Waals surface area contributed by atoms with Crippen LogP contribution >= 0.6 is 0 Å². The first-order valence-electron chi connectivity index (χ1n) is 6.68. The first-order chi connectivity index (χ1) is 8.22. The summed E-state index contributed by atoms with van der Waals surface area (Å²) in [6, 6.07) is 5.16. The third-order valence-electron chi connectivity index (χ3n) is 3.26. The van der Waals surface area contributed by atoms with Crippen LogP contribution in [0.25, 0.3) is 0 Å². The zero-order valence-corrected chi connectivity index (χ0v) is 11.2. The molecule has 3 nitrogen and oxygen atoms in total. The van der Waals surface area contributed by atoms with E-state index in [1.165, 1.54) is 18.4 Å². The predicted octanol–water partition coefficient (Wildman–Crippen LogP) is 2.49. The van der Waals surface area contributed by atoms with Crippen molar-refractivity contribution >= 4 is 5.82 Å². The van der Waals surface area contributed by atoms with Gasteiger partial charge in [0.05, 0.1) is 0 Å². The quantitative estimate of drug-likeness (QED) is 0.818. The number of aromatic nitrogens is 1. The van der Waals surface area contributed by atoms with Crippen LogP contribution in [0.4, 0.5) is 5.82 Å². The molecule has 17 heavy (non-hydrogen) atoms. The Hall–Kier alpha value is -1.09. The fourth-order valence-corrected chi connectivity index (χ4v) is 2.08. The van der Waals surface area contributed by atoms with E-state index in [1.54, 1.807) is 0 Å². The van der Waals surface area contributed by atoms with Crippen LogP contribution in [0.1, 0.15) is 37.9 Å². The third-order valence-corrected chi connectivity index (χ3v) is 3.26. The molecule has 0 unspecified atom stereocenters. The standard InChI is InChI=1S/C14H23N3/c1-4-17(5-2)14-9-12(8-11(3)16-14)10-15-13-6-7-13/h8-9,13,15H,4-7,10H2,1-3H3. The molecule has 1 heterocycles. The number of aryl methyl sites for hydroxylation is 1. The van der Waals surface area contributed by atoms with Crippen LogP contribution in [0.2, 0.25) is 0 Å². The first-order valence-corrected chi connectivity index (χ1v) is 6.68. The van der Waals surface area contributed by atoms with Crippen LogP contribution in [0.3, 0.4) is 0 Å². The fraction of sp³-hybridized carbons (Fsp3) is 0.643. The predicted molar refractivity (Wildman–Crippen MR) is 72.4 cm³/mol. The number of nitrogens with zero attached hydrogens (tertiary/aromatic N) is 2. The van der Waals surface area contributed by atoms with E-state index in [0.29, 0.717) is 0 Å². The summed E-state index contributed by atoms with van der Waals surface area (Å²) < 4.78 is 0. The molecule has 2 rings (SSSR count). The van der Waals surface area contributed by atoms with Gasteiger partial charge >= 0.3 is 0 Å². The van der Waals surface area contributed by atoms with Crippen molar-refractivity contribution in [3.63, 3.8) is 0 Å². The Labute approximate surface area is 104 Å². The molecule has 3 heteroatoms. The van der Waals surface area contributed by atoms with E-state index >= 15 is 0 Å². The number of pyridine rings is 1. The Morgan fingerprint density at radius 3 is 2.59 bits per heavy atom. The van der Waals surface area contributed by atoms with Gasteiger partial charge in [-0.05, 0) is 51.3 Å². The molecule has 94 valence electrons. The average Bonchev–Trinajstić information content (AvgIpc) is 3.11. The van der Waals surface area contributed by atoms with E-state index in [0.717, 1.165) is 37.2 Å². The van der Waals surface area contributed by atoms with Crippen LogP contribution in [0.15, 0.2) is 12.1 Å². The highest BCUT2D eigenvalue weighted by atomic mass is 15.2. The molecular weight excluding hydrogens is 210 g/mol. The molecule has 1 aliphatic rings. The number of nitrogens with one attached hydrogen (secondary N) is 1. The molecule has 1 aromatic rings. The molecule has 0 aliphatic heterocycles. The average molecular weight is 233 g/mol. The Morgan fingerprint density at radius 2 is 2.00 bits per heavy atom. The summed E-state index contributed by atoms with van der Waals surface area (Å²) >= 11 is 0. The molecule has 0 atom stereocenters. The number of anilines is 1. The minimum absolute atomic E-state index is 0.764. The maximum atomic E-state index is 4.62. The maximum absolute atomic E-state index is 4.62. The fourth-order valence-electron chi connectivity index (χ4n) is 2.08. The van der Waals surface area contributed by atoms with Gasteiger partial charge in [0, 0.05) is 31.4 Å². The van der Waals surface area contributed by atoms with E-state index in [-0.39, 0.29) is 0 Å². The molecular formula is C14H23N3. The van der Waals surface area contributed by atoms with Crippen LogP contribution in [-0.4, -0.2) is 24.1 Å². The van der Waals surface area contributed by atoms with Gasteiger partial charge in [0.25, 0.3) is 0 Å². The lowest BCUT2D eigenvalue weighted by Gasteiger charge is -2.21. The Kier molecular flexibility index (Phi) is 4.00. The highest BCUT2D eigenvalue weighted by molar-refractivity contribution is 5.42. The molecule has 1 aliphatic carbocycles. The van der Waals surface area contributed by atoms with Crippen molar-refractivity contribution < 1.29 is 0 Å². The number of rotatable bonds is 6.